The van der Waals surface area contributed by atoms with Crippen molar-refractivity contribution >= 4 is 5.91 Å². The second kappa shape index (κ2) is 6.00. The van der Waals surface area contributed by atoms with Gasteiger partial charge in [0.1, 0.15) is 0 Å². The van der Waals surface area contributed by atoms with Gasteiger partial charge in [0, 0.05) is 20.1 Å². The lowest BCUT2D eigenvalue weighted by molar-refractivity contribution is -0.131. The standard InChI is InChI=1S/C9H19NO2/c1-5-10(9(4)11)8(3)7-12-6-2/h8H,5-7H2,1-4H3/t8-/m0/s1. The van der Waals surface area contributed by atoms with Crippen LogP contribution in [0.5, 0.6) is 0 Å². The molecule has 0 aromatic heterocycles. The highest BCUT2D eigenvalue weighted by Crippen LogP contribution is 1.99. The van der Waals surface area contributed by atoms with E-state index in [0.29, 0.717) is 13.2 Å². The lowest BCUT2D eigenvalue weighted by Gasteiger charge is -2.26. The summed E-state index contributed by atoms with van der Waals surface area (Å²) in [6, 6.07) is 0.187. The Hall–Kier alpha value is -0.570. The molecule has 0 N–H and O–H groups in total. The van der Waals surface area contributed by atoms with Gasteiger partial charge in [-0.2, -0.15) is 0 Å². The zero-order valence-electron chi connectivity index (χ0n) is 8.46. The molecule has 0 fully saturated rings. The smallest absolute Gasteiger partial charge is 0.219 e. The van der Waals surface area contributed by atoms with Gasteiger partial charge in [0.15, 0.2) is 0 Å². The first kappa shape index (κ1) is 11.4. The van der Waals surface area contributed by atoms with Gasteiger partial charge < -0.3 is 9.64 Å². The number of carbonyl (C=O) groups is 1. The molecule has 1 atom stereocenters. The van der Waals surface area contributed by atoms with Crippen LogP contribution in [0.1, 0.15) is 27.7 Å². The molecule has 1 amide bonds. The van der Waals surface area contributed by atoms with Crippen LogP contribution in [0, 0.1) is 0 Å². The molecule has 0 heterocycles. The van der Waals surface area contributed by atoms with Crippen LogP contribution in [0.25, 0.3) is 0 Å². The third-order valence-electron chi connectivity index (χ3n) is 1.84. The second-order valence-electron chi connectivity index (χ2n) is 2.81. The summed E-state index contributed by atoms with van der Waals surface area (Å²) in [4.78, 5) is 12.9. The van der Waals surface area contributed by atoms with Crippen LogP contribution in [0.2, 0.25) is 0 Å². The van der Waals surface area contributed by atoms with Crippen molar-refractivity contribution in [2.45, 2.75) is 33.7 Å². The number of hydrogen-bond acceptors (Lipinski definition) is 2. The van der Waals surface area contributed by atoms with Gasteiger partial charge in [0.05, 0.1) is 12.6 Å². The topological polar surface area (TPSA) is 29.5 Å². The van der Waals surface area contributed by atoms with E-state index < -0.39 is 0 Å². The van der Waals surface area contributed by atoms with E-state index in [1.165, 1.54) is 0 Å². The van der Waals surface area contributed by atoms with Gasteiger partial charge in [-0.25, -0.2) is 0 Å². The van der Waals surface area contributed by atoms with E-state index in [9.17, 15) is 4.79 Å². The summed E-state index contributed by atoms with van der Waals surface area (Å²) in [6.45, 7) is 9.61. The highest BCUT2D eigenvalue weighted by Gasteiger charge is 2.13. The summed E-state index contributed by atoms with van der Waals surface area (Å²) in [5, 5.41) is 0. The van der Waals surface area contributed by atoms with Crippen LogP contribution in [0.4, 0.5) is 0 Å². The number of likely N-dealkylation sites (N-methyl/N-ethyl adjacent to an activating group) is 1. The van der Waals surface area contributed by atoms with E-state index in [0.717, 1.165) is 6.54 Å². The molecule has 0 unspecified atom stereocenters. The highest BCUT2D eigenvalue weighted by molar-refractivity contribution is 5.73. The fourth-order valence-electron chi connectivity index (χ4n) is 1.22. The van der Waals surface area contributed by atoms with Crippen molar-refractivity contribution in [3.05, 3.63) is 0 Å². The SMILES string of the molecule is CCOC[C@H](C)N(CC)C(C)=O. The van der Waals surface area contributed by atoms with Crippen molar-refractivity contribution in [1.82, 2.24) is 4.90 Å². The number of amides is 1. The summed E-state index contributed by atoms with van der Waals surface area (Å²) in [6.07, 6.45) is 0. The summed E-state index contributed by atoms with van der Waals surface area (Å²) in [5.41, 5.74) is 0. The predicted octanol–water partition coefficient (Wildman–Crippen LogP) is 1.28. The maximum Gasteiger partial charge on any atom is 0.219 e. The highest BCUT2D eigenvalue weighted by atomic mass is 16.5. The largest absolute Gasteiger partial charge is 0.380 e. The number of carbonyl (C=O) groups excluding carboxylic acids is 1. The molecule has 0 aliphatic rings. The first-order valence-corrected chi connectivity index (χ1v) is 4.48. The van der Waals surface area contributed by atoms with Crippen molar-refractivity contribution in [2.75, 3.05) is 19.8 Å². The molecule has 0 rings (SSSR count). The van der Waals surface area contributed by atoms with E-state index in [4.69, 9.17) is 4.74 Å². The van der Waals surface area contributed by atoms with E-state index in [-0.39, 0.29) is 11.9 Å². The molecular formula is C9H19NO2. The number of rotatable bonds is 5. The molecule has 0 aliphatic heterocycles. The first-order chi connectivity index (χ1) is 5.63. The first-order valence-electron chi connectivity index (χ1n) is 4.48. The van der Waals surface area contributed by atoms with E-state index in [2.05, 4.69) is 0 Å². The second-order valence-corrected chi connectivity index (χ2v) is 2.81. The van der Waals surface area contributed by atoms with Crippen LogP contribution in [0.15, 0.2) is 0 Å². The Kier molecular flexibility index (Phi) is 5.72. The molecule has 72 valence electrons. The van der Waals surface area contributed by atoms with Gasteiger partial charge in [0.25, 0.3) is 0 Å². The van der Waals surface area contributed by atoms with Crippen molar-refractivity contribution in [1.29, 1.82) is 0 Å². The Balaban J connectivity index is 3.85. The number of ether oxygens (including phenoxy) is 1. The van der Waals surface area contributed by atoms with Gasteiger partial charge in [-0.05, 0) is 20.8 Å². The monoisotopic (exact) mass is 173 g/mol. The van der Waals surface area contributed by atoms with Gasteiger partial charge in [-0.15, -0.1) is 0 Å². The zero-order valence-corrected chi connectivity index (χ0v) is 8.46. The molecule has 0 aromatic rings. The summed E-state index contributed by atoms with van der Waals surface area (Å²) >= 11 is 0. The van der Waals surface area contributed by atoms with Crippen LogP contribution in [-0.4, -0.2) is 36.6 Å². The summed E-state index contributed by atoms with van der Waals surface area (Å²) in [5.74, 6) is 0.115. The van der Waals surface area contributed by atoms with Crippen molar-refractivity contribution in [3.8, 4) is 0 Å². The Morgan fingerprint density at radius 2 is 2.08 bits per heavy atom. The lowest BCUT2D eigenvalue weighted by atomic mass is 10.3. The molecule has 3 heteroatoms. The fraction of sp³-hybridized carbons (Fsp3) is 0.889. The van der Waals surface area contributed by atoms with Crippen molar-refractivity contribution in [3.63, 3.8) is 0 Å². The number of hydrogen-bond donors (Lipinski definition) is 0. The number of nitrogens with zero attached hydrogens (tertiary/aromatic N) is 1. The van der Waals surface area contributed by atoms with E-state index in [1.807, 2.05) is 20.8 Å². The molecule has 3 nitrogen and oxygen atoms in total. The van der Waals surface area contributed by atoms with Crippen LogP contribution in [-0.2, 0) is 9.53 Å². The third kappa shape index (κ3) is 3.72. The maximum atomic E-state index is 11.0. The third-order valence-corrected chi connectivity index (χ3v) is 1.84. The van der Waals surface area contributed by atoms with Crippen LogP contribution >= 0.6 is 0 Å². The minimum atomic E-state index is 0.115. The predicted molar refractivity (Wildman–Crippen MR) is 49.0 cm³/mol. The molecular weight excluding hydrogens is 154 g/mol. The van der Waals surface area contributed by atoms with Gasteiger partial charge in [-0.1, -0.05) is 0 Å². The molecule has 0 saturated heterocycles. The molecule has 12 heavy (non-hydrogen) atoms. The Morgan fingerprint density at radius 1 is 1.50 bits per heavy atom. The Bertz CT molecular complexity index is 136. The van der Waals surface area contributed by atoms with Gasteiger partial charge in [-0.3, -0.25) is 4.79 Å². The zero-order chi connectivity index (χ0) is 9.56. The lowest BCUT2D eigenvalue weighted by Crippen LogP contribution is -2.39. The Morgan fingerprint density at radius 3 is 2.42 bits per heavy atom. The average molecular weight is 173 g/mol. The van der Waals surface area contributed by atoms with Crippen molar-refractivity contribution < 1.29 is 9.53 Å². The molecule has 0 radical (unpaired) electrons. The molecule has 0 aromatic carbocycles. The minimum absolute atomic E-state index is 0.115. The summed E-state index contributed by atoms with van der Waals surface area (Å²) in [7, 11) is 0. The minimum Gasteiger partial charge on any atom is -0.380 e. The maximum absolute atomic E-state index is 11.0. The van der Waals surface area contributed by atoms with Crippen LogP contribution in [0.3, 0.4) is 0 Å². The molecule has 0 saturated carbocycles. The van der Waals surface area contributed by atoms with E-state index >= 15 is 0 Å². The molecule has 0 spiro atoms. The molecule has 0 bridgehead atoms. The van der Waals surface area contributed by atoms with Gasteiger partial charge in [0.2, 0.25) is 5.91 Å². The van der Waals surface area contributed by atoms with Crippen molar-refractivity contribution in [2.24, 2.45) is 0 Å². The quantitative estimate of drug-likeness (QED) is 0.626. The fourth-order valence-corrected chi connectivity index (χ4v) is 1.22. The van der Waals surface area contributed by atoms with Gasteiger partial charge >= 0.3 is 0 Å². The van der Waals surface area contributed by atoms with E-state index in [1.54, 1.807) is 11.8 Å². The normalized spacial score (nSPS) is 12.7. The summed E-state index contributed by atoms with van der Waals surface area (Å²) < 4.78 is 5.23. The van der Waals surface area contributed by atoms with Crippen LogP contribution < -0.4 is 0 Å². The average Bonchev–Trinajstić information content (AvgIpc) is 2.01. The molecule has 0 aliphatic carbocycles. The Labute approximate surface area is 74.7 Å².